The number of hydrogen-bond acceptors (Lipinski definition) is 6. The number of methoxy groups -OCH3 is 1. The smallest absolute Gasteiger partial charge is 0.186 e. The largest absolute Gasteiger partial charge is 0.378 e. The molecule has 0 radical (unpaired) electrons. The number of anilines is 1. The minimum Gasteiger partial charge on any atom is -0.378 e. The molecule has 102 valence electrons. The Labute approximate surface area is 117 Å². The van der Waals surface area contributed by atoms with E-state index in [4.69, 9.17) is 4.74 Å². The van der Waals surface area contributed by atoms with E-state index in [9.17, 15) is 4.79 Å². The molecule has 0 aliphatic carbocycles. The van der Waals surface area contributed by atoms with Crippen molar-refractivity contribution in [2.24, 2.45) is 0 Å². The molecule has 0 amide bonds. The molecule has 0 saturated carbocycles. The van der Waals surface area contributed by atoms with Gasteiger partial charge in [-0.3, -0.25) is 4.79 Å². The normalized spacial score (nSPS) is 12.4. The molecular formula is C12H20N2O2S2. The second-order valence-corrected chi connectivity index (χ2v) is 5.91. The van der Waals surface area contributed by atoms with Crippen LogP contribution in [0.1, 0.15) is 28.7 Å². The van der Waals surface area contributed by atoms with Crippen molar-refractivity contribution in [1.82, 2.24) is 4.98 Å². The molecule has 1 aromatic rings. The molecule has 18 heavy (non-hydrogen) atoms. The zero-order valence-electron chi connectivity index (χ0n) is 11.3. The van der Waals surface area contributed by atoms with E-state index >= 15 is 0 Å². The monoisotopic (exact) mass is 288 g/mol. The SMILES string of the molecule is CCC(CSC)N(C)c1nc(COC)c(C=O)s1. The van der Waals surface area contributed by atoms with E-state index in [1.54, 1.807) is 7.11 Å². The fraction of sp³-hybridized carbons (Fsp3) is 0.667. The van der Waals surface area contributed by atoms with E-state index in [0.717, 1.165) is 29.3 Å². The molecule has 6 heteroatoms. The molecule has 1 atom stereocenters. The molecule has 0 bridgehead atoms. The van der Waals surface area contributed by atoms with Crippen LogP contribution in [0.4, 0.5) is 5.13 Å². The van der Waals surface area contributed by atoms with Crippen molar-refractivity contribution < 1.29 is 9.53 Å². The summed E-state index contributed by atoms with van der Waals surface area (Å²) in [6, 6.07) is 0.445. The van der Waals surface area contributed by atoms with Crippen LogP contribution in [-0.2, 0) is 11.3 Å². The number of thioether (sulfide) groups is 1. The number of carbonyl (C=O) groups excluding carboxylic acids is 1. The molecule has 1 rings (SSSR count). The first-order chi connectivity index (χ1) is 8.67. The molecule has 0 aliphatic rings. The highest BCUT2D eigenvalue weighted by atomic mass is 32.2. The van der Waals surface area contributed by atoms with Crippen molar-refractivity contribution in [3.8, 4) is 0 Å². The third-order valence-electron chi connectivity index (χ3n) is 2.78. The van der Waals surface area contributed by atoms with Gasteiger partial charge in [0, 0.05) is 26.0 Å². The molecular weight excluding hydrogens is 268 g/mol. The van der Waals surface area contributed by atoms with Crippen LogP contribution in [0.2, 0.25) is 0 Å². The maximum Gasteiger partial charge on any atom is 0.186 e. The van der Waals surface area contributed by atoms with Crippen LogP contribution >= 0.6 is 23.1 Å². The van der Waals surface area contributed by atoms with E-state index in [0.29, 0.717) is 17.5 Å². The summed E-state index contributed by atoms with van der Waals surface area (Å²) in [7, 11) is 3.65. The van der Waals surface area contributed by atoms with Gasteiger partial charge in [0.05, 0.1) is 17.2 Å². The number of ether oxygens (including phenoxy) is 1. The minimum atomic E-state index is 0.387. The van der Waals surface area contributed by atoms with Crippen LogP contribution in [0.15, 0.2) is 0 Å². The molecule has 0 spiro atoms. The lowest BCUT2D eigenvalue weighted by molar-refractivity contribution is 0.112. The fourth-order valence-corrected chi connectivity index (χ4v) is 3.45. The van der Waals surface area contributed by atoms with E-state index in [-0.39, 0.29) is 0 Å². The van der Waals surface area contributed by atoms with E-state index in [2.05, 4.69) is 23.1 Å². The standard InChI is InChI=1S/C12H20N2O2S2/c1-5-9(8-17-4)14(2)12-13-10(7-16-3)11(6-15)18-12/h6,9H,5,7-8H2,1-4H3. The average molecular weight is 288 g/mol. The third-order valence-corrected chi connectivity index (χ3v) is 4.62. The quantitative estimate of drug-likeness (QED) is 0.688. The zero-order chi connectivity index (χ0) is 13.5. The van der Waals surface area contributed by atoms with Crippen LogP contribution in [0, 0.1) is 0 Å². The number of carbonyl (C=O) groups is 1. The van der Waals surface area contributed by atoms with Crippen molar-refractivity contribution in [3.63, 3.8) is 0 Å². The maximum absolute atomic E-state index is 11.0. The average Bonchev–Trinajstić information content (AvgIpc) is 2.78. The molecule has 0 fully saturated rings. The van der Waals surface area contributed by atoms with Crippen molar-refractivity contribution in [3.05, 3.63) is 10.6 Å². The molecule has 1 heterocycles. The number of thiazole rings is 1. The van der Waals surface area contributed by atoms with Gasteiger partial charge in [-0.2, -0.15) is 11.8 Å². The summed E-state index contributed by atoms with van der Waals surface area (Å²) in [5, 5.41) is 0.894. The van der Waals surface area contributed by atoms with Crippen LogP contribution in [0.5, 0.6) is 0 Å². The van der Waals surface area contributed by atoms with Crippen molar-refractivity contribution >= 4 is 34.5 Å². The van der Waals surface area contributed by atoms with Gasteiger partial charge in [-0.15, -0.1) is 0 Å². The number of nitrogens with zero attached hydrogens (tertiary/aromatic N) is 2. The lowest BCUT2D eigenvalue weighted by Gasteiger charge is -2.26. The first-order valence-electron chi connectivity index (χ1n) is 5.83. The summed E-state index contributed by atoms with van der Waals surface area (Å²) in [5.74, 6) is 1.06. The Morgan fingerprint density at radius 1 is 1.61 bits per heavy atom. The molecule has 4 nitrogen and oxygen atoms in total. The highest BCUT2D eigenvalue weighted by molar-refractivity contribution is 7.98. The van der Waals surface area contributed by atoms with Crippen LogP contribution < -0.4 is 4.90 Å². The Morgan fingerprint density at radius 2 is 2.33 bits per heavy atom. The second-order valence-electron chi connectivity index (χ2n) is 3.99. The summed E-state index contributed by atoms with van der Waals surface area (Å²) in [6.45, 7) is 2.55. The Morgan fingerprint density at radius 3 is 2.83 bits per heavy atom. The van der Waals surface area contributed by atoms with Crippen molar-refractivity contribution in [2.75, 3.05) is 31.1 Å². The fourth-order valence-electron chi connectivity index (χ4n) is 1.69. The first-order valence-corrected chi connectivity index (χ1v) is 8.04. The van der Waals surface area contributed by atoms with Crippen molar-refractivity contribution in [1.29, 1.82) is 0 Å². The second kappa shape index (κ2) is 7.76. The summed E-state index contributed by atoms with van der Waals surface area (Å²) < 4.78 is 5.06. The highest BCUT2D eigenvalue weighted by Crippen LogP contribution is 2.27. The summed E-state index contributed by atoms with van der Waals surface area (Å²) >= 11 is 3.26. The first kappa shape index (κ1) is 15.5. The number of aldehydes is 1. The van der Waals surface area contributed by atoms with Gasteiger partial charge in [0.25, 0.3) is 0 Å². The predicted octanol–water partition coefficient (Wildman–Crippen LogP) is 2.68. The summed E-state index contributed by atoms with van der Waals surface area (Å²) in [5.41, 5.74) is 0.735. The molecule has 0 aromatic carbocycles. The van der Waals surface area contributed by atoms with Gasteiger partial charge in [0.15, 0.2) is 11.4 Å². The molecule has 0 saturated heterocycles. The Hall–Kier alpha value is -0.590. The third kappa shape index (κ3) is 3.70. The van der Waals surface area contributed by atoms with E-state index in [1.165, 1.54) is 11.3 Å². The Bertz CT molecular complexity index is 382. The lowest BCUT2D eigenvalue weighted by atomic mass is 10.2. The molecule has 0 aliphatic heterocycles. The Kier molecular flexibility index (Phi) is 6.67. The van der Waals surface area contributed by atoms with Crippen LogP contribution in [0.3, 0.4) is 0 Å². The van der Waals surface area contributed by atoms with Gasteiger partial charge in [0.2, 0.25) is 0 Å². The van der Waals surface area contributed by atoms with Crippen molar-refractivity contribution in [2.45, 2.75) is 26.0 Å². The Balaban J connectivity index is 2.90. The van der Waals surface area contributed by atoms with Crippen LogP contribution in [-0.4, -0.2) is 43.5 Å². The molecule has 0 N–H and O–H groups in total. The van der Waals surface area contributed by atoms with Gasteiger partial charge >= 0.3 is 0 Å². The van der Waals surface area contributed by atoms with Gasteiger partial charge in [-0.25, -0.2) is 4.98 Å². The van der Waals surface area contributed by atoms with Gasteiger partial charge in [-0.1, -0.05) is 18.3 Å². The predicted molar refractivity (Wildman–Crippen MR) is 79.1 cm³/mol. The van der Waals surface area contributed by atoms with Gasteiger partial charge < -0.3 is 9.64 Å². The zero-order valence-corrected chi connectivity index (χ0v) is 12.9. The summed E-state index contributed by atoms with van der Waals surface area (Å²) in [4.78, 5) is 18.3. The molecule has 1 unspecified atom stereocenters. The highest BCUT2D eigenvalue weighted by Gasteiger charge is 2.18. The van der Waals surface area contributed by atoms with E-state index in [1.807, 2.05) is 18.8 Å². The van der Waals surface area contributed by atoms with E-state index < -0.39 is 0 Å². The van der Waals surface area contributed by atoms with Gasteiger partial charge in [-0.05, 0) is 12.7 Å². The topological polar surface area (TPSA) is 42.4 Å². The number of aromatic nitrogens is 1. The van der Waals surface area contributed by atoms with Gasteiger partial charge in [0.1, 0.15) is 0 Å². The lowest BCUT2D eigenvalue weighted by Crippen LogP contribution is -2.33. The minimum absolute atomic E-state index is 0.387. The number of rotatable bonds is 8. The summed E-state index contributed by atoms with van der Waals surface area (Å²) in [6.07, 6.45) is 4.03. The number of hydrogen-bond donors (Lipinski definition) is 0. The molecule has 1 aromatic heterocycles. The van der Waals surface area contributed by atoms with Crippen LogP contribution in [0.25, 0.3) is 0 Å². The maximum atomic E-state index is 11.0.